The summed E-state index contributed by atoms with van der Waals surface area (Å²) in [6.07, 6.45) is 1.62. The van der Waals surface area contributed by atoms with Crippen molar-refractivity contribution in [1.82, 2.24) is 24.6 Å². The molecule has 5 N–H and O–H groups in total. The van der Waals surface area contributed by atoms with E-state index < -0.39 is 11.9 Å². The fourth-order valence-corrected chi connectivity index (χ4v) is 3.24. The molecule has 0 unspecified atom stereocenters. The third-order valence-corrected chi connectivity index (χ3v) is 4.72. The van der Waals surface area contributed by atoms with Gasteiger partial charge in [0.2, 0.25) is 11.8 Å². The lowest BCUT2D eigenvalue weighted by Gasteiger charge is -2.19. The van der Waals surface area contributed by atoms with Gasteiger partial charge < -0.3 is 16.8 Å². The van der Waals surface area contributed by atoms with Crippen LogP contribution in [-0.2, 0) is 0 Å². The number of rotatable bonds is 4. The van der Waals surface area contributed by atoms with Gasteiger partial charge in [0, 0.05) is 17.3 Å². The second kappa shape index (κ2) is 7.46. The lowest BCUT2D eigenvalue weighted by atomic mass is 10.0. The minimum absolute atomic E-state index is 0.00282. The summed E-state index contributed by atoms with van der Waals surface area (Å²) < 4.78 is 15.6. The summed E-state index contributed by atoms with van der Waals surface area (Å²) in [6.45, 7) is 1.83. The highest BCUT2D eigenvalue weighted by Crippen LogP contribution is 2.31. The van der Waals surface area contributed by atoms with Crippen molar-refractivity contribution in [1.29, 1.82) is 5.26 Å². The van der Waals surface area contributed by atoms with Crippen molar-refractivity contribution in [3.63, 3.8) is 0 Å². The van der Waals surface area contributed by atoms with Gasteiger partial charge in [-0.2, -0.15) is 24.7 Å². The van der Waals surface area contributed by atoms with Crippen LogP contribution in [0.25, 0.3) is 16.9 Å². The molecular formula is C19H15ClFN9. The van der Waals surface area contributed by atoms with Crippen LogP contribution in [0.1, 0.15) is 24.1 Å². The quantitative estimate of drug-likeness (QED) is 0.454. The predicted molar refractivity (Wildman–Crippen MR) is 111 cm³/mol. The minimum atomic E-state index is -0.705. The third kappa shape index (κ3) is 3.31. The predicted octanol–water partition coefficient (Wildman–Crippen LogP) is 3.19. The highest BCUT2D eigenvalue weighted by Gasteiger charge is 2.21. The van der Waals surface area contributed by atoms with Crippen molar-refractivity contribution in [2.45, 2.75) is 13.0 Å². The van der Waals surface area contributed by atoms with Gasteiger partial charge in [-0.1, -0.05) is 41.9 Å². The molecule has 0 aliphatic carbocycles. The molecule has 3 heterocycles. The number of nitrogens with two attached hydrogens (primary N) is 2. The van der Waals surface area contributed by atoms with Crippen LogP contribution in [0.4, 0.5) is 22.0 Å². The number of nitrogen functional groups attached to an aromatic ring is 2. The zero-order valence-electron chi connectivity index (χ0n) is 15.6. The number of nitriles is 1. The van der Waals surface area contributed by atoms with Crippen LogP contribution in [0.2, 0.25) is 5.15 Å². The fourth-order valence-electron chi connectivity index (χ4n) is 3.07. The second-order valence-electron chi connectivity index (χ2n) is 6.45. The van der Waals surface area contributed by atoms with Crippen molar-refractivity contribution < 1.29 is 4.39 Å². The molecule has 0 amide bonds. The van der Waals surface area contributed by atoms with Crippen molar-refractivity contribution in [3.05, 3.63) is 58.6 Å². The molecule has 0 bridgehead atoms. The number of halogens is 2. The van der Waals surface area contributed by atoms with E-state index >= 15 is 0 Å². The van der Waals surface area contributed by atoms with Crippen molar-refractivity contribution in [2.24, 2.45) is 0 Å². The molecule has 1 aromatic carbocycles. The van der Waals surface area contributed by atoms with Crippen molar-refractivity contribution in [3.8, 4) is 17.3 Å². The summed E-state index contributed by atoms with van der Waals surface area (Å²) in [5.74, 6) is -0.626. The van der Waals surface area contributed by atoms with E-state index in [1.165, 1.54) is 4.52 Å². The largest absolute Gasteiger partial charge is 0.382 e. The standard InChI is InChI=1S/C19H15ClFN9/c1-9(25-17-11(7-22)16(23)27-19(24)28-17)12-8-30-18(13(21)15(20)29-30)26-14(12)10-5-3-2-4-6-10/h2-6,8-9H,1H3,(H5,23,24,25,27,28)/t9-/m0/s1. The zero-order valence-corrected chi connectivity index (χ0v) is 16.4. The number of aromatic nitrogens is 5. The van der Waals surface area contributed by atoms with Crippen LogP contribution in [-0.4, -0.2) is 24.6 Å². The summed E-state index contributed by atoms with van der Waals surface area (Å²) >= 11 is 5.84. The van der Waals surface area contributed by atoms with Gasteiger partial charge in [0.15, 0.2) is 16.6 Å². The molecule has 150 valence electrons. The molecule has 0 saturated heterocycles. The topological polar surface area (TPSA) is 144 Å². The highest BCUT2D eigenvalue weighted by molar-refractivity contribution is 6.29. The van der Waals surface area contributed by atoms with Gasteiger partial charge in [0.25, 0.3) is 0 Å². The molecule has 4 aromatic rings. The average Bonchev–Trinajstić information content (AvgIpc) is 3.00. The van der Waals surface area contributed by atoms with E-state index in [0.29, 0.717) is 11.3 Å². The lowest BCUT2D eigenvalue weighted by Crippen LogP contribution is -2.15. The van der Waals surface area contributed by atoms with Gasteiger partial charge in [-0.05, 0) is 6.92 Å². The Labute approximate surface area is 175 Å². The molecule has 1 atom stereocenters. The second-order valence-corrected chi connectivity index (χ2v) is 6.81. The van der Waals surface area contributed by atoms with Crippen LogP contribution in [0, 0.1) is 17.1 Å². The molecular weight excluding hydrogens is 409 g/mol. The first-order valence-electron chi connectivity index (χ1n) is 8.78. The summed E-state index contributed by atoms with van der Waals surface area (Å²) in [5, 5.41) is 16.2. The molecule has 0 aliphatic heterocycles. The number of hydrogen-bond acceptors (Lipinski definition) is 8. The first-order chi connectivity index (χ1) is 14.4. The van der Waals surface area contributed by atoms with Gasteiger partial charge in [-0.3, -0.25) is 0 Å². The summed E-state index contributed by atoms with van der Waals surface area (Å²) in [7, 11) is 0. The Morgan fingerprint density at radius 3 is 2.63 bits per heavy atom. The maximum Gasteiger partial charge on any atom is 0.224 e. The van der Waals surface area contributed by atoms with Crippen molar-refractivity contribution in [2.75, 3.05) is 16.8 Å². The summed E-state index contributed by atoms with van der Waals surface area (Å²) in [4.78, 5) is 12.3. The SMILES string of the molecule is C[C@H](Nc1nc(N)nc(N)c1C#N)c1cn2nc(Cl)c(F)c2nc1-c1ccccc1. The summed E-state index contributed by atoms with van der Waals surface area (Å²) in [5.41, 5.74) is 13.5. The molecule has 11 heteroatoms. The fraction of sp³-hybridized carbons (Fsp3) is 0.105. The highest BCUT2D eigenvalue weighted by atomic mass is 35.5. The van der Waals surface area contributed by atoms with E-state index in [0.717, 1.165) is 5.56 Å². The van der Waals surface area contributed by atoms with Gasteiger partial charge in [-0.15, -0.1) is 0 Å². The Balaban J connectivity index is 1.87. The van der Waals surface area contributed by atoms with Gasteiger partial charge in [0.05, 0.1) is 11.7 Å². The first kappa shape index (κ1) is 19.4. The molecule has 0 radical (unpaired) electrons. The molecule has 0 spiro atoms. The van der Waals surface area contributed by atoms with E-state index in [4.69, 9.17) is 23.1 Å². The maximum atomic E-state index is 14.3. The van der Waals surface area contributed by atoms with Crippen LogP contribution in [0.3, 0.4) is 0 Å². The molecule has 30 heavy (non-hydrogen) atoms. The number of hydrogen-bond donors (Lipinski definition) is 3. The van der Waals surface area contributed by atoms with Crippen LogP contribution in [0.15, 0.2) is 36.5 Å². The van der Waals surface area contributed by atoms with E-state index in [2.05, 4.69) is 25.4 Å². The van der Waals surface area contributed by atoms with E-state index in [9.17, 15) is 9.65 Å². The number of benzene rings is 1. The lowest BCUT2D eigenvalue weighted by molar-refractivity contribution is 0.636. The normalized spacial score (nSPS) is 11.9. The maximum absolute atomic E-state index is 14.3. The summed E-state index contributed by atoms with van der Waals surface area (Å²) in [6, 6.07) is 10.8. The monoisotopic (exact) mass is 423 g/mol. The smallest absolute Gasteiger partial charge is 0.224 e. The Hall–Kier alpha value is -3.97. The minimum Gasteiger partial charge on any atom is -0.382 e. The average molecular weight is 424 g/mol. The Kier molecular flexibility index (Phi) is 4.81. The molecule has 0 fully saturated rings. The van der Waals surface area contributed by atoms with Gasteiger partial charge in [-0.25, -0.2) is 9.50 Å². The Morgan fingerprint density at radius 1 is 1.20 bits per heavy atom. The molecule has 4 rings (SSSR count). The molecule has 3 aromatic heterocycles. The third-order valence-electron chi connectivity index (χ3n) is 4.48. The number of anilines is 3. The van der Waals surface area contributed by atoms with Gasteiger partial charge >= 0.3 is 0 Å². The zero-order chi connectivity index (χ0) is 21.4. The first-order valence-corrected chi connectivity index (χ1v) is 9.16. The van der Waals surface area contributed by atoms with Gasteiger partial charge in [0.1, 0.15) is 17.5 Å². The number of nitrogens with one attached hydrogen (secondary N) is 1. The Bertz CT molecular complexity index is 1300. The van der Waals surface area contributed by atoms with E-state index in [-0.39, 0.29) is 33.9 Å². The number of nitrogens with zero attached hydrogens (tertiary/aromatic N) is 6. The van der Waals surface area contributed by atoms with Crippen molar-refractivity contribution >= 4 is 34.8 Å². The molecule has 9 nitrogen and oxygen atoms in total. The van der Waals surface area contributed by atoms with Crippen LogP contribution >= 0.6 is 11.6 Å². The van der Waals surface area contributed by atoms with E-state index in [1.807, 2.05) is 43.3 Å². The Morgan fingerprint density at radius 2 is 1.93 bits per heavy atom. The van der Waals surface area contributed by atoms with E-state index in [1.54, 1.807) is 6.20 Å². The number of fused-ring (bicyclic) bond motifs is 1. The molecule has 0 saturated carbocycles. The van der Waals surface area contributed by atoms with Crippen LogP contribution in [0.5, 0.6) is 0 Å². The van der Waals surface area contributed by atoms with Crippen LogP contribution < -0.4 is 16.8 Å². The molecule has 0 aliphatic rings.